The number of fused-ring (bicyclic) bond motifs is 2. The van der Waals surface area contributed by atoms with Gasteiger partial charge in [0.25, 0.3) is 0 Å². The highest BCUT2D eigenvalue weighted by atomic mass is 19.4. The smallest absolute Gasteiger partial charge is 0.300 e. The Morgan fingerprint density at radius 3 is 2.28 bits per heavy atom. The largest absolute Gasteiger partial charge is 0.416 e. The average Bonchev–Trinajstić information content (AvgIpc) is 3.19. The molecule has 136 valence electrons. The number of allylic oxidation sites excluding steroid dienone is 2. The van der Waals surface area contributed by atoms with E-state index in [1.807, 2.05) is 0 Å². The fourth-order valence-electron chi connectivity index (χ4n) is 4.74. The third kappa shape index (κ3) is 3.77. The van der Waals surface area contributed by atoms with Crippen molar-refractivity contribution in [3.63, 3.8) is 0 Å². The first kappa shape index (κ1) is 17.1. The van der Waals surface area contributed by atoms with Crippen LogP contribution in [0.2, 0.25) is 0 Å². The molecule has 0 spiro atoms. The third-order valence-corrected chi connectivity index (χ3v) is 6.09. The molecule has 0 amide bonds. The van der Waals surface area contributed by atoms with Gasteiger partial charge in [-0.25, -0.2) is 0 Å². The number of rotatable bonds is 4. The Morgan fingerprint density at radius 1 is 0.920 bits per heavy atom. The summed E-state index contributed by atoms with van der Waals surface area (Å²) in [6, 6.07) is 5.96. The van der Waals surface area contributed by atoms with Gasteiger partial charge in [-0.05, 0) is 42.2 Å². The lowest BCUT2D eigenvalue weighted by Gasteiger charge is -2.37. The van der Waals surface area contributed by atoms with E-state index in [1.54, 1.807) is 12.1 Å². The lowest BCUT2D eigenvalue weighted by atomic mass is 9.93. The molecule has 0 N–H and O–H groups in total. The second-order valence-electron chi connectivity index (χ2n) is 7.77. The first-order chi connectivity index (χ1) is 12.0. The summed E-state index contributed by atoms with van der Waals surface area (Å²) in [6.45, 7) is 5.17. The molecule has 2 aliphatic carbocycles. The van der Waals surface area contributed by atoms with Gasteiger partial charge in [-0.15, -0.1) is 0 Å². The van der Waals surface area contributed by atoms with Crippen molar-refractivity contribution in [2.24, 2.45) is 17.8 Å². The number of piperazine rings is 1. The highest BCUT2D eigenvalue weighted by Crippen LogP contribution is 2.43. The minimum absolute atomic E-state index is 0.389. The number of halogens is 3. The summed E-state index contributed by atoms with van der Waals surface area (Å²) in [5, 5.41) is 0. The molecule has 0 radical (unpaired) electrons. The molecule has 2 bridgehead atoms. The fraction of sp³-hybridized carbons (Fsp3) is 0.600. The van der Waals surface area contributed by atoms with Gasteiger partial charge >= 0.3 is 6.18 Å². The second kappa shape index (κ2) is 6.76. The van der Waals surface area contributed by atoms with Crippen molar-refractivity contribution in [1.82, 2.24) is 9.80 Å². The van der Waals surface area contributed by atoms with Crippen LogP contribution < -0.4 is 0 Å². The molecular weight excluding hydrogens is 325 g/mol. The maximum Gasteiger partial charge on any atom is 0.416 e. The second-order valence-corrected chi connectivity index (χ2v) is 7.77. The van der Waals surface area contributed by atoms with E-state index in [4.69, 9.17) is 0 Å². The maximum atomic E-state index is 13.1. The number of alkyl halides is 3. The predicted octanol–water partition coefficient (Wildman–Crippen LogP) is 4.04. The Balaban J connectivity index is 1.30. The molecule has 25 heavy (non-hydrogen) atoms. The van der Waals surface area contributed by atoms with Crippen molar-refractivity contribution in [2.75, 3.05) is 32.7 Å². The van der Waals surface area contributed by atoms with E-state index in [9.17, 15) is 13.2 Å². The summed E-state index contributed by atoms with van der Waals surface area (Å²) in [7, 11) is 0. The molecule has 3 aliphatic rings. The highest BCUT2D eigenvalue weighted by molar-refractivity contribution is 5.29. The summed E-state index contributed by atoms with van der Waals surface area (Å²) in [5.41, 5.74) is -0.104. The van der Waals surface area contributed by atoms with Crippen LogP contribution in [0.1, 0.15) is 24.0 Å². The van der Waals surface area contributed by atoms with Gasteiger partial charge in [0.1, 0.15) is 0 Å². The van der Waals surface area contributed by atoms with E-state index in [0.29, 0.717) is 12.1 Å². The standard InChI is InChI=1S/C20H25F3N2/c21-20(22,23)19-4-2-1-3-17(19)13-24-7-9-25(10-8-24)14-18-12-15-5-6-16(18)11-15/h1-6,15-16,18H,7-14H2/t15-,16+,18+/m0/s1. The van der Waals surface area contributed by atoms with Crippen LogP contribution in [-0.4, -0.2) is 42.5 Å². The summed E-state index contributed by atoms with van der Waals surface area (Å²) in [5.74, 6) is 2.35. The Morgan fingerprint density at radius 2 is 1.64 bits per heavy atom. The molecule has 2 fully saturated rings. The Hall–Kier alpha value is -1.33. The lowest BCUT2D eigenvalue weighted by molar-refractivity contribution is -0.138. The van der Waals surface area contributed by atoms with Crippen LogP contribution in [0.3, 0.4) is 0 Å². The van der Waals surface area contributed by atoms with E-state index in [-0.39, 0.29) is 0 Å². The average molecular weight is 350 g/mol. The first-order valence-corrected chi connectivity index (χ1v) is 9.27. The van der Waals surface area contributed by atoms with Crippen LogP contribution in [-0.2, 0) is 12.7 Å². The summed E-state index contributed by atoms with van der Waals surface area (Å²) in [4.78, 5) is 4.66. The molecule has 0 aromatic heterocycles. The monoisotopic (exact) mass is 350 g/mol. The molecule has 1 heterocycles. The quantitative estimate of drug-likeness (QED) is 0.757. The van der Waals surface area contributed by atoms with Gasteiger partial charge in [0, 0.05) is 39.3 Å². The molecule has 0 unspecified atom stereocenters. The molecule has 4 rings (SSSR count). The van der Waals surface area contributed by atoms with Crippen LogP contribution >= 0.6 is 0 Å². The SMILES string of the molecule is FC(F)(F)c1ccccc1CN1CCN(C[C@H]2C[C@H]3C=C[C@@H]2C3)CC1. The Kier molecular flexibility index (Phi) is 4.63. The molecular formula is C20H25F3N2. The van der Waals surface area contributed by atoms with E-state index >= 15 is 0 Å². The van der Waals surface area contributed by atoms with Crippen molar-refractivity contribution in [3.8, 4) is 0 Å². The fourth-order valence-corrected chi connectivity index (χ4v) is 4.74. The van der Waals surface area contributed by atoms with Crippen molar-refractivity contribution >= 4 is 0 Å². The van der Waals surface area contributed by atoms with Crippen molar-refractivity contribution in [3.05, 3.63) is 47.5 Å². The van der Waals surface area contributed by atoms with Crippen LogP contribution in [0.4, 0.5) is 13.2 Å². The highest BCUT2D eigenvalue weighted by Gasteiger charge is 2.37. The first-order valence-electron chi connectivity index (χ1n) is 9.27. The minimum Gasteiger partial charge on any atom is -0.300 e. The van der Waals surface area contributed by atoms with Gasteiger partial charge in [-0.2, -0.15) is 13.2 Å². The van der Waals surface area contributed by atoms with Crippen molar-refractivity contribution < 1.29 is 13.2 Å². The summed E-state index contributed by atoms with van der Waals surface area (Å²) in [6.07, 6.45) is 3.15. The summed E-state index contributed by atoms with van der Waals surface area (Å²) < 4.78 is 39.4. The number of hydrogen-bond acceptors (Lipinski definition) is 2. The lowest BCUT2D eigenvalue weighted by Crippen LogP contribution is -2.47. The van der Waals surface area contributed by atoms with Crippen molar-refractivity contribution in [1.29, 1.82) is 0 Å². The zero-order valence-corrected chi connectivity index (χ0v) is 14.4. The van der Waals surface area contributed by atoms with Gasteiger partial charge in [0.05, 0.1) is 5.56 Å². The topological polar surface area (TPSA) is 6.48 Å². The number of nitrogens with zero attached hydrogens (tertiary/aromatic N) is 2. The van der Waals surface area contributed by atoms with Crippen LogP contribution in [0, 0.1) is 17.8 Å². The zero-order chi connectivity index (χ0) is 17.4. The van der Waals surface area contributed by atoms with E-state index in [0.717, 1.165) is 50.5 Å². The molecule has 3 atom stereocenters. The van der Waals surface area contributed by atoms with Gasteiger partial charge in [-0.1, -0.05) is 30.4 Å². The Bertz CT molecular complexity index is 632. The van der Waals surface area contributed by atoms with Crippen molar-refractivity contribution in [2.45, 2.75) is 25.6 Å². The molecule has 1 aliphatic heterocycles. The van der Waals surface area contributed by atoms with Gasteiger partial charge in [-0.3, -0.25) is 4.90 Å². The summed E-state index contributed by atoms with van der Waals surface area (Å²) >= 11 is 0. The normalized spacial score (nSPS) is 30.3. The van der Waals surface area contributed by atoms with Crippen LogP contribution in [0.15, 0.2) is 36.4 Å². The van der Waals surface area contributed by atoms with E-state index < -0.39 is 11.7 Å². The van der Waals surface area contributed by atoms with Crippen LogP contribution in [0.25, 0.3) is 0 Å². The molecule has 1 aromatic rings. The molecule has 1 saturated carbocycles. The Labute approximate surface area is 147 Å². The number of benzene rings is 1. The predicted molar refractivity (Wildman–Crippen MR) is 92.0 cm³/mol. The van der Waals surface area contributed by atoms with Gasteiger partial charge < -0.3 is 4.90 Å². The molecule has 2 nitrogen and oxygen atoms in total. The molecule has 5 heteroatoms. The zero-order valence-electron chi connectivity index (χ0n) is 14.4. The van der Waals surface area contributed by atoms with E-state index in [1.165, 1.54) is 25.0 Å². The molecule has 1 saturated heterocycles. The molecule has 1 aromatic carbocycles. The van der Waals surface area contributed by atoms with E-state index in [2.05, 4.69) is 22.0 Å². The minimum atomic E-state index is -4.27. The maximum absolute atomic E-state index is 13.1. The number of hydrogen-bond donors (Lipinski definition) is 0. The van der Waals surface area contributed by atoms with Crippen LogP contribution in [0.5, 0.6) is 0 Å². The van der Waals surface area contributed by atoms with Gasteiger partial charge in [0.2, 0.25) is 0 Å². The third-order valence-electron chi connectivity index (χ3n) is 6.09. The van der Waals surface area contributed by atoms with Gasteiger partial charge in [0.15, 0.2) is 0 Å².